The van der Waals surface area contributed by atoms with E-state index in [-0.39, 0.29) is 17.9 Å². The van der Waals surface area contributed by atoms with Crippen molar-refractivity contribution >= 4 is 17.2 Å². The van der Waals surface area contributed by atoms with Gasteiger partial charge in [0.05, 0.1) is 6.04 Å². The second-order valence-electron chi connectivity index (χ2n) is 4.46. The molecule has 0 aromatic carbocycles. The van der Waals surface area contributed by atoms with Crippen LogP contribution in [-0.4, -0.2) is 18.0 Å². The summed E-state index contributed by atoms with van der Waals surface area (Å²) in [5.41, 5.74) is 5.77. The third-order valence-electron chi connectivity index (χ3n) is 2.50. The van der Waals surface area contributed by atoms with Crippen molar-refractivity contribution in [3.05, 3.63) is 22.4 Å². The molecule has 0 fully saturated rings. The van der Waals surface area contributed by atoms with Crippen molar-refractivity contribution in [2.75, 3.05) is 0 Å². The molecule has 0 saturated carbocycles. The predicted molar refractivity (Wildman–Crippen MR) is 68.4 cm³/mol. The van der Waals surface area contributed by atoms with Crippen molar-refractivity contribution in [3.8, 4) is 0 Å². The van der Waals surface area contributed by atoms with Gasteiger partial charge in [0, 0.05) is 17.3 Å². The van der Waals surface area contributed by atoms with Gasteiger partial charge in [-0.3, -0.25) is 4.79 Å². The second-order valence-corrected chi connectivity index (χ2v) is 5.50. The largest absolute Gasteiger partial charge is 0.352 e. The number of nitrogens with two attached hydrogens (primary N) is 1. The molecule has 0 aliphatic rings. The van der Waals surface area contributed by atoms with E-state index in [2.05, 4.69) is 11.4 Å². The Bertz CT molecular complexity index is 322. The van der Waals surface area contributed by atoms with E-state index in [1.54, 1.807) is 11.3 Å². The number of hydrogen-bond donors (Lipinski definition) is 2. The lowest BCUT2D eigenvalue weighted by Crippen LogP contribution is -2.47. The quantitative estimate of drug-likeness (QED) is 0.824. The van der Waals surface area contributed by atoms with Crippen LogP contribution in [-0.2, 0) is 11.2 Å². The maximum absolute atomic E-state index is 11.7. The minimum Gasteiger partial charge on any atom is -0.352 e. The molecule has 16 heavy (non-hydrogen) atoms. The van der Waals surface area contributed by atoms with Gasteiger partial charge in [0.2, 0.25) is 5.91 Å². The van der Waals surface area contributed by atoms with E-state index in [9.17, 15) is 4.79 Å². The summed E-state index contributed by atoms with van der Waals surface area (Å²) >= 11 is 1.71. The highest BCUT2D eigenvalue weighted by Crippen LogP contribution is 2.11. The first kappa shape index (κ1) is 13.2. The van der Waals surface area contributed by atoms with E-state index in [0.29, 0.717) is 0 Å². The molecule has 0 spiro atoms. The van der Waals surface area contributed by atoms with Gasteiger partial charge in [0.15, 0.2) is 0 Å². The number of carbonyl (C=O) groups excluding carboxylic acids is 1. The van der Waals surface area contributed by atoms with Gasteiger partial charge in [-0.05, 0) is 24.3 Å². The number of thiophene rings is 1. The Kier molecular flexibility index (Phi) is 4.96. The monoisotopic (exact) mass is 240 g/mol. The first-order valence-corrected chi connectivity index (χ1v) is 6.47. The van der Waals surface area contributed by atoms with Gasteiger partial charge in [-0.2, -0.15) is 0 Å². The first-order chi connectivity index (χ1) is 7.50. The van der Waals surface area contributed by atoms with Crippen LogP contribution in [0, 0.1) is 5.92 Å². The van der Waals surface area contributed by atoms with Crippen LogP contribution < -0.4 is 11.1 Å². The molecule has 0 radical (unpaired) electrons. The Morgan fingerprint density at radius 1 is 1.50 bits per heavy atom. The summed E-state index contributed by atoms with van der Waals surface area (Å²) < 4.78 is 0. The molecule has 0 aliphatic carbocycles. The molecule has 1 rings (SSSR count). The van der Waals surface area contributed by atoms with Gasteiger partial charge in [-0.1, -0.05) is 19.9 Å². The van der Waals surface area contributed by atoms with E-state index in [1.807, 2.05) is 32.2 Å². The molecule has 0 bridgehead atoms. The van der Waals surface area contributed by atoms with Crippen LogP contribution in [0.3, 0.4) is 0 Å². The summed E-state index contributed by atoms with van der Waals surface area (Å²) in [5.74, 6) is 0.119. The maximum Gasteiger partial charge on any atom is 0.237 e. The molecule has 3 N–H and O–H groups in total. The van der Waals surface area contributed by atoms with Crippen molar-refractivity contribution < 1.29 is 4.79 Å². The van der Waals surface area contributed by atoms with E-state index in [1.165, 1.54) is 4.88 Å². The summed E-state index contributed by atoms with van der Waals surface area (Å²) in [6.45, 7) is 5.91. The third-order valence-corrected chi connectivity index (χ3v) is 3.40. The lowest BCUT2D eigenvalue weighted by molar-refractivity contribution is -0.123. The molecule has 1 amide bonds. The Morgan fingerprint density at radius 3 is 2.69 bits per heavy atom. The number of hydrogen-bond acceptors (Lipinski definition) is 3. The van der Waals surface area contributed by atoms with Crippen molar-refractivity contribution in [2.45, 2.75) is 39.3 Å². The maximum atomic E-state index is 11.7. The summed E-state index contributed by atoms with van der Waals surface area (Å²) in [5, 5.41) is 4.99. The molecule has 0 saturated heterocycles. The predicted octanol–water partition coefficient (Wildman–Crippen LogP) is 1.78. The van der Waals surface area contributed by atoms with E-state index in [4.69, 9.17) is 5.73 Å². The van der Waals surface area contributed by atoms with Crippen molar-refractivity contribution in [1.29, 1.82) is 0 Å². The molecule has 1 aromatic rings. The fourth-order valence-electron chi connectivity index (χ4n) is 1.42. The van der Waals surface area contributed by atoms with Gasteiger partial charge in [-0.15, -0.1) is 11.3 Å². The molecule has 1 unspecified atom stereocenters. The number of carbonyl (C=O) groups is 1. The molecule has 1 aromatic heterocycles. The van der Waals surface area contributed by atoms with Gasteiger partial charge in [-0.25, -0.2) is 0 Å². The Balaban J connectivity index is 2.39. The van der Waals surface area contributed by atoms with Gasteiger partial charge >= 0.3 is 0 Å². The van der Waals surface area contributed by atoms with Crippen LogP contribution >= 0.6 is 11.3 Å². The fraction of sp³-hybridized carbons (Fsp3) is 0.583. The third kappa shape index (κ3) is 3.94. The van der Waals surface area contributed by atoms with Crippen LogP contribution in [0.2, 0.25) is 0 Å². The highest BCUT2D eigenvalue weighted by atomic mass is 32.1. The Labute approximate surface area is 101 Å². The molecule has 1 heterocycles. The van der Waals surface area contributed by atoms with Crippen molar-refractivity contribution in [3.63, 3.8) is 0 Å². The summed E-state index contributed by atoms with van der Waals surface area (Å²) in [6.07, 6.45) is 0.869. The average Bonchev–Trinajstić information content (AvgIpc) is 2.68. The summed E-state index contributed by atoms with van der Waals surface area (Å²) in [4.78, 5) is 13.0. The van der Waals surface area contributed by atoms with Crippen LogP contribution in [0.15, 0.2) is 17.5 Å². The number of nitrogens with one attached hydrogen (secondary N) is 1. The standard InChI is InChI=1S/C12H20N2OS/c1-8(2)11(13)12(15)14-9(3)7-10-5-4-6-16-10/h4-6,8-9,11H,7,13H2,1-3H3,(H,14,15)/t9?,11-/m1/s1. The highest BCUT2D eigenvalue weighted by molar-refractivity contribution is 7.09. The second kappa shape index (κ2) is 6.01. The average molecular weight is 240 g/mol. The molecule has 2 atom stereocenters. The van der Waals surface area contributed by atoms with Crippen molar-refractivity contribution in [2.24, 2.45) is 11.7 Å². The van der Waals surface area contributed by atoms with E-state index >= 15 is 0 Å². The summed E-state index contributed by atoms with van der Waals surface area (Å²) in [6, 6.07) is 3.83. The van der Waals surface area contributed by atoms with Crippen LogP contribution in [0.1, 0.15) is 25.6 Å². The molecule has 0 aliphatic heterocycles. The first-order valence-electron chi connectivity index (χ1n) is 5.59. The zero-order valence-corrected chi connectivity index (χ0v) is 10.9. The minimum atomic E-state index is -0.411. The normalized spacial score (nSPS) is 14.8. The van der Waals surface area contributed by atoms with Crippen molar-refractivity contribution in [1.82, 2.24) is 5.32 Å². The zero-order chi connectivity index (χ0) is 12.1. The molecular weight excluding hydrogens is 220 g/mol. The molecule has 90 valence electrons. The molecule has 3 nitrogen and oxygen atoms in total. The lowest BCUT2D eigenvalue weighted by Gasteiger charge is -2.19. The number of amides is 1. The van der Waals surface area contributed by atoms with E-state index in [0.717, 1.165) is 6.42 Å². The highest BCUT2D eigenvalue weighted by Gasteiger charge is 2.18. The topological polar surface area (TPSA) is 55.1 Å². The minimum absolute atomic E-state index is 0.0564. The lowest BCUT2D eigenvalue weighted by atomic mass is 10.0. The molecule has 4 heteroatoms. The Hall–Kier alpha value is -0.870. The van der Waals surface area contributed by atoms with Gasteiger partial charge in [0.1, 0.15) is 0 Å². The fourth-order valence-corrected chi connectivity index (χ4v) is 2.26. The SMILES string of the molecule is CC(Cc1cccs1)NC(=O)[C@H](N)C(C)C. The van der Waals surface area contributed by atoms with Crippen LogP contribution in [0.5, 0.6) is 0 Å². The van der Waals surface area contributed by atoms with Gasteiger partial charge in [0.25, 0.3) is 0 Å². The molecular formula is C12H20N2OS. The number of rotatable bonds is 5. The smallest absolute Gasteiger partial charge is 0.237 e. The summed E-state index contributed by atoms with van der Waals surface area (Å²) in [7, 11) is 0. The van der Waals surface area contributed by atoms with Crippen LogP contribution in [0.4, 0.5) is 0 Å². The Morgan fingerprint density at radius 2 is 2.19 bits per heavy atom. The van der Waals surface area contributed by atoms with Gasteiger partial charge < -0.3 is 11.1 Å². The zero-order valence-electron chi connectivity index (χ0n) is 10.1. The van der Waals surface area contributed by atoms with Crippen LogP contribution in [0.25, 0.3) is 0 Å². The van der Waals surface area contributed by atoms with E-state index < -0.39 is 6.04 Å².